The van der Waals surface area contributed by atoms with Crippen LogP contribution in [0.25, 0.3) is 11.4 Å². The van der Waals surface area contributed by atoms with Crippen LogP contribution in [-0.4, -0.2) is 65.3 Å². The average molecular weight is 418 g/mol. The van der Waals surface area contributed by atoms with Gasteiger partial charge in [-0.25, -0.2) is 0 Å². The van der Waals surface area contributed by atoms with E-state index in [1.54, 1.807) is 48.5 Å². The SMILES string of the molecule is O=C(NCCCNC(=O)c1ccccc1-n1cnnn1)c1ccccc1-n1cnnn1. The Balaban J connectivity index is 1.29. The van der Waals surface area contributed by atoms with Crippen molar-refractivity contribution in [2.24, 2.45) is 0 Å². The molecule has 4 aromatic rings. The Morgan fingerprint density at radius 1 is 0.710 bits per heavy atom. The third-order valence-corrected chi connectivity index (χ3v) is 4.41. The zero-order valence-corrected chi connectivity index (χ0v) is 16.3. The molecule has 0 saturated heterocycles. The molecule has 12 heteroatoms. The van der Waals surface area contributed by atoms with E-state index in [9.17, 15) is 9.59 Å². The third kappa shape index (κ3) is 4.58. The van der Waals surface area contributed by atoms with Crippen molar-refractivity contribution >= 4 is 11.8 Å². The summed E-state index contributed by atoms with van der Waals surface area (Å²) in [4.78, 5) is 25.1. The van der Waals surface area contributed by atoms with Crippen LogP contribution >= 0.6 is 0 Å². The van der Waals surface area contributed by atoms with Crippen molar-refractivity contribution in [2.75, 3.05) is 13.1 Å². The number of tetrazole rings is 2. The van der Waals surface area contributed by atoms with E-state index in [1.807, 2.05) is 0 Å². The molecule has 2 N–H and O–H groups in total. The summed E-state index contributed by atoms with van der Waals surface area (Å²) < 4.78 is 2.86. The van der Waals surface area contributed by atoms with Crippen LogP contribution in [-0.2, 0) is 0 Å². The lowest BCUT2D eigenvalue weighted by Crippen LogP contribution is -2.30. The van der Waals surface area contributed by atoms with Crippen molar-refractivity contribution in [3.05, 3.63) is 72.3 Å². The number of nitrogens with one attached hydrogen (secondary N) is 2. The van der Waals surface area contributed by atoms with Crippen LogP contribution in [0.15, 0.2) is 61.2 Å². The number of benzene rings is 2. The van der Waals surface area contributed by atoms with Crippen LogP contribution < -0.4 is 10.6 Å². The maximum Gasteiger partial charge on any atom is 0.253 e. The van der Waals surface area contributed by atoms with Crippen LogP contribution in [0, 0.1) is 0 Å². The molecule has 31 heavy (non-hydrogen) atoms. The number of nitrogens with zero attached hydrogens (tertiary/aromatic N) is 8. The predicted molar refractivity (Wildman–Crippen MR) is 108 cm³/mol. The van der Waals surface area contributed by atoms with E-state index < -0.39 is 0 Å². The maximum absolute atomic E-state index is 12.6. The summed E-state index contributed by atoms with van der Waals surface area (Å²) in [5.41, 5.74) is 2.07. The standard InChI is InChI=1S/C19H18N10O2/c30-18(14-6-1-3-8-16(14)28-12-22-24-26-28)20-10-5-11-21-19(31)15-7-2-4-9-17(15)29-13-23-25-27-29/h1-4,6-9,12-13H,5,10-11H2,(H,20,30)(H,21,31). The first-order valence-electron chi connectivity index (χ1n) is 9.45. The lowest BCUT2D eigenvalue weighted by Gasteiger charge is -2.11. The Labute approximate surface area is 176 Å². The van der Waals surface area contributed by atoms with Gasteiger partial charge in [-0.1, -0.05) is 24.3 Å². The van der Waals surface area contributed by atoms with Gasteiger partial charge in [0, 0.05) is 13.1 Å². The summed E-state index contributed by atoms with van der Waals surface area (Å²) in [5, 5.41) is 27.7. The quantitative estimate of drug-likeness (QED) is 0.386. The van der Waals surface area contributed by atoms with Crippen molar-refractivity contribution in [3.63, 3.8) is 0 Å². The summed E-state index contributed by atoms with van der Waals surface area (Å²) in [5.74, 6) is -0.497. The normalized spacial score (nSPS) is 10.6. The Kier molecular flexibility index (Phi) is 5.97. The first-order chi connectivity index (χ1) is 15.2. The molecular weight excluding hydrogens is 400 g/mol. The summed E-state index contributed by atoms with van der Waals surface area (Å²) >= 11 is 0. The molecule has 156 valence electrons. The molecule has 0 saturated carbocycles. The Bertz CT molecular complexity index is 1070. The number of carbonyl (C=O) groups excluding carboxylic acids is 2. The van der Waals surface area contributed by atoms with Gasteiger partial charge in [0.25, 0.3) is 11.8 Å². The fourth-order valence-electron chi connectivity index (χ4n) is 2.96. The Morgan fingerprint density at radius 3 is 1.58 bits per heavy atom. The molecule has 0 radical (unpaired) electrons. The highest BCUT2D eigenvalue weighted by Crippen LogP contribution is 2.13. The number of amides is 2. The first kappa shape index (κ1) is 19.8. The topological polar surface area (TPSA) is 145 Å². The average Bonchev–Trinajstić information content (AvgIpc) is 3.53. The molecule has 2 aromatic carbocycles. The van der Waals surface area contributed by atoms with Gasteiger partial charge in [-0.3, -0.25) is 9.59 Å². The van der Waals surface area contributed by atoms with Gasteiger partial charge in [-0.15, -0.1) is 10.2 Å². The summed E-state index contributed by atoms with van der Waals surface area (Å²) in [7, 11) is 0. The predicted octanol–water partition coefficient (Wildman–Crippen LogP) is 0.188. The van der Waals surface area contributed by atoms with E-state index in [0.717, 1.165) is 0 Å². The summed E-state index contributed by atoms with van der Waals surface area (Å²) in [6, 6.07) is 14.1. The molecule has 2 heterocycles. The number of para-hydroxylation sites is 2. The van der Waals surface area contributed by atoms with Crippen molar-refractivity contribution in [1.29, 1.82) is 0 Å². The number of aromatic nitrogens is 8. The van der Waals surface area contributed by atoms with E-state index in [1.165, 1.54) is 22.0 Å². The van der Waals surface area contributed by atoms with Gasteiger partial charge in [0.1, 0.15) is 12.7 Å². The molecule has 0 bridgehead atoms. The van der Waals surface area contributed by atoms with Crippen molar-refractivity contribution in [2.45, 2.75) is 6.42 Å². The molecule has 12 nitrogen and oxygen atoms in total. The van der Waals surface area contributed by atoms with E-state index >= 15 is 0 Å². The largest absolute Gasteiger partial charge is 0.352 e. The zero-order chi connectivity index (χ0) is 21.5. The molecule has 0 aliphatic heterocycles. The summed E-state index contributed by atoms with van der Waals surface area (Å²) in [6.45, 7) is 0.773. The highest BCUT2D eigenvalue weighted by Gasteiger charge is 2.14. The smallest absolute Gasteiger partial charge is 0.253 e. The van der Waals surface area contributed by atoms with Gasteiger partial charge >= 0.3 is 0 Å². The monoisotopic (exact) mass is 418 g/mol. The molecule has 0 spiro atoms. The van der Waals surface area contributed by atoms with Gasteiger partial charge in [0.2, 0.25) is 0 Å². The second-order valence-electron chi connectivity index (χ2n) is 6.41. The third-order valence-electron chi connectivity index (χ3n) is 4.41. The first-order valence-corrected chi connectivity index (χ1v) is 9.45. The van der Waals surface area contributed by atoms with Gasteiger partial charge in [0.15, 0.2) is 0 Å². The number of hydrogen-bond donors (Lipinski definition) is 2. The molecule has 0 fully saturated rings. The lowest BCUT2D eigenvalue weighted by atomic mass is 10.1. The minimum Gasteiger partial charge on any atom is -0.352 e. The highest BCUT2D eigenvalue weighted by molar-refractivity contribution is 5.98. The van der Waals surface area contributed by atoms with Crippen molar-refractivity contribution < 1.29 is 9.59 Å². The summed E-state index contributed by atoms with van der Waals surface area (Å²) in [6.07, 6.45) is 3.40. The van der Waals surface area contributed by atoms with Crippen molar-refractivity contribution in [1.82, 2.24) is 51.0 Å². The molecular formula is C19H18N10O2. The Hall–Kier alpha value is -4.48. The van der Waals surface area contributed by atoms with Crippen molar-refractivity contribution in [3.8, 4) is 11.4 Å². The van der Waals surface area contributed by atoms with E-state index in [4.69, 9.17) is 0 Å². The number of hydrogen-bond acceptors (Lipinski definition) is 8. The molecule has 0 aliphatic rings. The van der Waals surface area contributed by atoms with Gasteiger partial charge < -0.3 is 10.6 Å². The van der Waals surface area contributed by atoms with Crippen LogP contribution in [0.3, 0.4) is 0 Å². The van der Waals surface area contributed by atoms with Crippen LogP contribution in [0.1, 0.15) is 27.1 Å². The van der Waals surface area contributed by atoms with Crippen LogP contribution in [0.5, 0.6) is 0 Å². The fourth-order valence-corrected chi connectivity index (χ4v) is 2.96. The van der Waals surface area contributed by atoms with Crippen LogP contribution in [0.2, 0.25) is 0 Å². The number of rotatable bonds is 8. The number of carbonyl (C=O) groups is 2. The molecule has 0 atom stereocenters. The molecule has 2 aromatic heterocycles. The van der Waals surface area contributed by atoms with Gasteiger partial charge in [-0.05, 0) is 51.5 Å². The Morgan fingerprint density at radius 2 is 1.16 bits per heavy atom. The second-order valence-corrected chi connectivity index (χ2v) is 6.41. The van der Waals surface area contributed by atoms with E-state index in [-0.39, 0.29) is 11.8 Å². The minimum atomic E-state index is -0.249. The second kappa shape index (κ2) is 9.35. The van der Waals surface area contributed by atoms with Gasteiger partial charge in [-0.2, -0.15) is 9.36 Å². The molecule has 0 unspecified atom stereocenters. The molecule has 4 rings (SSSR count). The van der Waals surface area contributed by atoms with E-state index in [0.29, 0.717) is 42.0 Å². The zero-order valence-electron chi connectivity index (χ0n) is 16.3. The lowest BCUT2D eigenvalue weighted by molar-refractivity contribution is 0.0951. The highest BCUT2D eigenvalue weighted by atomic mass is 16.2. The van der Waals surface area contributed by atoms with E-state index in [2.05, 4.69) is 41.7 Å². The maximum atomic E-state index is 12.6. The van der Waals surface area contributed by atoms with Gasteiger partial charge in [0.05, 0.1) is 22.5 Å². The van der Waals surface area contributed by atoms with Crippen LogP contribution in [0.4, 0.5) is 0 Å². The fraction of sp³-hybridized carbons (Fsp3) is 0.158. The minimum absolute atomic E-state index is 0.249. The molecule has 0 aliphatic carbocycles. The molecule has 2 amide bonds.